The first-order valence-corrected chi connectivity index (χ1v) is 13.8. The second kappa shape index (κ2) is 12.7. The van der Waals surface area contributed by atoms with E-state index in [-0.39, 0.29) is 30.7 Å². The molecule has 4 rings (SSSR count). The van der Waals surface area contributed by atoms with Crippen LogP contribution in [-0.2, 0) is 20.8 Å². The predicted octanol–water partition coefficient (Wildman–Crippen LogP) is 4.16. The standard InChI is InChI=1S/C29H34N4O3S/c1-3-16-33(30-2)29(36)24(20-21-12-13-22-8-4-5-9-23(22)19-21)31-27(34)14-17-32-25-10-6-7-11-26(25)37-18-15-28(32)35/h4-13,19,24,30H,3,14-18,20H2,1-2H3,(H,31,34). The van der Waals surface area contributed by atoms with Gasteiger partial charge in [0.25, 0.3) is 5.91 Å². The van der Waals surface area contributed by atoms with Crippen molar-refractivity contribution in [2.24, 2.45) is 0 Å². The van der Waals surface area contributed by atoms with Crippen LogP contribution in [0.5, 0.6) is 0 Å². The molecule has 1 aliphatic heterocycles. The number of benzene rings is 3. The number of hydrazine groups is 1. The third-order valence-electron chi connectivity index (χ3n) is 6.46. The Morgan fingerprint density at radius 1 is 1.05 bits per heavy atom. The molecule has 0 saturated heterocycles. The zero-order valence-corrected chi connectivity index (χ0v) is 22.2. The van der Waals surface area contributed by atoms with Gasteiger partial charge in [0.05, 0.1) is 5.69 Å². The quantitative estimate of drug-likeness (QED) is 0.394. The molecule has 0 aliphatic carbocycles. The summed E-state index contributed by atoms with van der Waals surface area (Å²) >= 11 is 1.66. The second-order valence-electron chi connectivity index (χ2n) is 9.08. The van der Waals surface area contributed by atoms with Crippen molar-refractivity contribution in [3.63, 3.8) is 0 Å². The second-order valence-corrected chi connectivity index (χ2v) is 10.2. The summed E-state index contributed by atoms with van der Waals surface area (Å²) in [6.45, 7) is 2.81. The summed E-state index contributed by atoms with van der Waals surface area (Å²) in [5.74, 6) is 0.295. The first kappa shape index (κ1) is 26.7. The van der Waals surface area contributed by atoms with E-state index in [1.54, 1.807) is 28.7 Å². The van der Waals surface area contributed by atoms with Crippen LogP contribution >= 0.6 is 11.8 Å². The van der Waals surface area contributed by atoms with E-state index in [0.717, 1.165) is 39.1 Å². The van der Waals surface area contributed by atoms with Crippen molar-refractivity contribution in [1.29, 1.82) is 0 Å². The first-order valence-electron chi connectivity index (χ1n) is 12.8. The molecule has 3 amide bonds. The SMILES string of the molecule is CCCN(NC)C(=O)C(Cc1ccc2ccccc2c1)NC(=O)CCN1C(=O)CCSc2ccccc21. The molecule has 37 heavy (non-hydrogen) atoms. The Labute approximate surface area is 222 Å². The van der Waals surface area contributed by atoms with Crippen molar-refractivity contribution < 1.29 is 14.4 Å². The summed E-state index contributed by atoms with van der Waals surface area (Å²) in [7, 11) is 1.71. The number of rotatable bonds is 10. The van der Waals surface area contributed by atoms with Gasteiger partial charge in [-0.3, -0.25) is 19.4 Å². The van der Waals surface area contributed by atoms with Crippen molar-refractivity contribution in [2.75, 3.05) is 30.8 Å². The highest BCUT2D eigenvalue weighted by atomic mass is 32.2. The van der Waals surface area contributed by atoms with Gasteiger partial charge in [0, 0.05) is 50.0 Å². The number of anilines is 1. The molecule has 3 aromatic rings. The fourth-order valence-electron chi connectivity index (χ4n) is 4.59. The lowest BCUT2D eigenvalue weighted by Crippen LogP contribution is -2.53. The van der Waals surface area contributed by atoms with Crippen LogP contribution in [0.15, 0.2) is 71.6 Å². The fraction of sp³-hybridized carbons (Fsp3) is 0.345. The summed E-state index contributed by atoms with van der Waals surface area (Å²) in [6, 6.07) is 21.2. The number of fused-ring (bicyclic) bond motifs is 2. The number of nitrogens with one attached hydrogen (secondary N) is 2. The number of nitrogens with zero attached hydrogens (tertiary/aromatic N) is 2. The molecule has 0 bridgehead atoms. The van der Waals surface area contributed by atoms with Crippen molar-refractivity contribution >= 4 is 45.9 Å². The van der Waals surface area contributed by atoms with Crippen LogP contribution in [-0.4, -0.2) is 54.7 Å². The van der Waals surface area contributed by atoms with E-state index in [4.69, 9.17) is 0 Å². The van der Waals surface area contributed by atoms with Crippen LogP contribution in [0.3, 0.4) is 0 Å². The van der Waals surface area contributed by atoms with Crippen LogP contribution in [0, 0.1) is 0 Å². The molecular weight excluding hydrogens is 484 g/mol. The molecule has 1 aliphatic rings. The van der Waals surface area contributed by atoms with Crippen LogP contribution < -0.4 is 15.6 Å². The minimum absolute atomic E-state index is 0.0124. The Morgan fingerprint density at radius 2 is 1.81 bits per heavy atom. The summed E-state index contributed by atoms with van der Waals surface area (Å²) in [5, 5.41) is 6.74. The summed E-state index contributed by atoms with van der Waals surface area (Å²) in [6.07, 6.45) is 1.70. The van der Waals surface area contributed by atoms with Crippen molar-refractivity contribution in [3.05, 3.63) is 72.3 Å². The zero-order valence-electron chi connectivity index (χ0n) is 21.4. The van der Waals surface area contributed by atoms with Gasteiger partial charge in [-0.1, -0.05) is 61.5 Å². The topological polar surface area (TPSA) is 81.8 Å². The van der Waals surface area contributed by atoms with E-state index in [9.17, 15) is 14.4 Å². The summed E-state index contributed by atoms with van der Waals surface area (Å²) < 4.78 is 0. The maximum atomic E-state index is 13.4. The van der Waals surface area contributed by atoms with E-state index in [1.165, 1.54) is 0 Å². The minimum Gasteiger partial charge on any atom is -0.344 e. The molecular formula is C29H34N4O3S. The Hall–Kier alpha value is -3.36. The van der Waals surface area contributed by atoms with Crippen molar-refractivity contribution in [3.8, 4) is 0 Å². The molecule has 7 nitrogen and oxygen atoms in total. The molecule has 1 unspecified atom stereocenters. The lowest BCUT2D eigenvalue weighted by molar-refractivity contribution is -0.138. The number of hydrogen-bond acceptors (Lipinski definition) is 5. The number of carbonyl (C=O) groups excluding carboxylic acids is 3. The molecule has 3 aromatic carbocycles. The monoisotopic (exact) mass is 518 g/mol. The fourth-order valence-corrected chi connectivity index (χ4v) is 5.59. The molecule has 1 atom stereocenters. The van der Waals surface area contributed by atoms with Gasteiger partial charge in [-0.25, -0.2) is 5.43 Å². The Balaban J connectivity index is 1.49. The summed E-state index contributed by atoms with van der Waals surface area (Å²) in [5.41, 5.74) is 4.77. The van der Waals surface area contributed by atoms with Gasteiger partial charge in [-0.15, -0.1) is 11.8 Å². The Kier molecular flexibility index (Phi) is 9.19. The van der Waals surface area contributed by atoms with Crippen LogP contribution in [0.25, 0.3) is 10.8 Å². The van der Waals surface area contributed by atoms with Crippen LogP contribution in [0.4, 0.5) is 5.69 Å². The molecule has 8 heteroatoms. The Morgan fingerprint density at radius 3 is 2.59 bits per heavy atom. The van der Waals surface area contributed by atoms with E-state index in [0.29, 0.717) is 19.4 Å². The van der Waals surface area contributed by atoms with Crippen LogP contribution in [0.1, 0.15) is 31.7 Å². The van der Waals surface area contributed by atoms with E-state index >= 15 is 0 Å². The highest BCUT2D eigenvalue weighted by Gasteiger charge is 2.27. The van der Waals surface area contributed by atoms with Gasteiger partial charge in [-0.05, 0) is 34.9 Å². The van der Waals surface area contributed by atoms with Crippen molar-refractivity contribution in [1.82, 2.24) is 15.8 Å². The molecule has 0 fully saturated rings. The molecule has 0 radical (unpaired) electrons. The number of amides is 3. The highest BCUT2D eigenvalue weighted by Crippen LogP contribution is 2.34. The molecule has 0 saturated carbocycles. The first-order chi connectivity index (χ1) is 18.0. The van der Waals surface area contributed by atoms with Gasteiger partial charge in [0.1, 0.15) is 6.04 Å². The maximum absolute atomic E-state index is 13.4. The zero-order chi connectivity index (χ0) is 26.2. The third-order valence-corrected chi connectivity index (χ3v) is 7.53. The molecule has 0 aromatic heterocycles. The number of carbonyl (C=O) groups is 3. The molecule has 1 heterocycles. The summed E-state index contributed by atoms with van der Waals surface area (Å²) in [4.78, 5) is 42.1. The lowest BCUT2D eigenvalue weighted by Gasteiger charge is -2.27. The predicted molar refractivity (Wildman–Crippen MR) is 149 cm³/mol. The lowest BCUT2D eigenvalue weighted by atomic mass is 10.0. The van der Waals surface area contributed by atoms with Gasteiger partial charge in [-0.2, -0.15) is 0 Å². The smallest absolute Gasteiger partial charge is 0.259 e. The van der Waals surface area contributed by atoms with E-state index < -0.39 is 6.04 Å². The molecule has 0 spiro atoms. The number of hydrogen-bond donors (Lipinski definition) is 2. The normalized spacial score (nSPS) is 14.1. The van der Waals surface area contributed by atoms with Crippen molar-refractivity contribution in [2.45, 2.75) is 43.5 Å². The largest absolute Gasteiger partial charge is 0.344 e. The van der Waals surface area contributed by atoms with E-state index in [1.807, 2.05) is 67.6 Å². The van der Waals surface area contributed by atoms with Gasteiger partial charge in [0.15, 0.2) is 0 Å². The van der Waals surface area contributed by atoms with Gasteiger partial charge < -0.3 is 10.2 Å². The van der Waals surface area contributed by atoms with Gasteiger partial charge in [0.2, 0.25) is 11.8 Å². The van der Waals surface area contributed by atoms with Crippen LogP contribution in [0.2, 0.25) is 0 Å². The maximum Gasteiger partial charge on any atom is 0.259 e. The minimum atomic E-state index is -0.727. The molecule has 2 N–H and O–H groups in total. The highest BCUT2D eigenvalue weighted by molar-refractivity contribution is 7.99. The van der Waals surface area contributed by atoms with E-state index in [2.05, 4.69) is 16.8 Å². The van der Waals surface area contributed by atoms with Gasteiger partial charge >= 0.3 is 0 Å². The third kappa shape index (κ3) is 6.70. The average molecular weight is 519 g/mol. The Bertz CT molecular complexity index is 1260. The molecule has 194 valence electrons. The number of para-hydroxylation sites is 1. The number of thioether (sulfide) groups is 1. The average Bonchev–Trinajstić information content (AvgIpc) is 3.07.